The number of carboxylic acid groups (broad SMARTS) is 1. The maximum Gasteiger partial charge on any atom is 0.323 e. The van der Waals surface area contributed by atoms with Crippen molar-refractivity contribution in [3.63, 3.8) is 0 Å². The third kappa shape index (κ3) is 3.52. The molecule has 0 spiro atoms. The van der Waals surface area contributed by atoms with E-state index in [0.717, 1.165) is 6.42 Å². The van der Waals surface area contributed by atoms with Crippen LogP contribution in [0.2, 0.25) is 0 Å². The van der Waals surface area contributed by atoms with E-state index in [-0.39, 0.29) is 6.54 Å². The Morgan fingerprint density at radius 1 is 1.53 bits per heavy atom. The molecule has 0 fully saturated rings. The molecule has 6 nitrogen and oxygen atoms in total. The van der Waals surface area contributed by atoms with Crippen LogP contribution in [-0.4, -0.2) is 26.8 Å². The van der Waals surface area contributed by atoms with Gasteiger partial charge in [-0.3, -0.25) is 10.1 Å². The first kappa shape index (κ1) is 13.6. The summed E-state index contributed by atoms with van der Waals surface area (Å²) in [6.07, 6.45) is 2.05. The molecule has 1 aromatic heterocycles. The molecule has 6 heteroatoms. The van der Waals surface area contributed by atoms with Crippen molar-refractivity contribution in [3.05, 3.63) is 11.7 Å². The predicted molar refractivity (Wildman–Crippen MR) is 61.5 cm³/mol. The van der Waals surface area contributed by atoms with E-state index < -0.39 is 11.5 Å². The van der Waals surface area contributed by atoms with Crippen molar-refractivity contribution in [2.45, 2.75) is 52.1 Å². The minimum Gasteiger partial charge on any atom is -0.480 e. The molecule has 0 amide bonds. The second kappa shape index (κ2) is 5.77. The number of aliphatic carboxylic acids is 1. The van der Waals surface area contributed by atoms with Gasteiger partial charge >= 0.3 is 5.97 Å². The summed E-state index contributed by atoms with van der Waals surface area (Å²) in [6.45, 7) is 5.82. The van der Waals surface area contributed by atoms with Gasteiger partial charge in [-0.2, -0.15) is 4.98 Å². The van der Waals surface area contributed by atoms with Crippen LogP contribution in [-0.2, 0) is 17.8 Å². The maximum absolute atomic E-state index is 11.2. The Morgan fingerprint density at radius 2 is 2.24 bits per heavy atom. The van der Waals surface area contributed by atoms with Gasteiger partial charge in [0.15, 0.2) is 5.82 Å². The van der Waals surface area contributed by atoms with Crippen molar-refractivity contribution in [2.75, 3.05) is 0 Å². The molecule has 1 heterocycles. The van der Waals surface area contributed by atoms with Gasteiger partial charge in [0.05, 0.1) is 6.54 Å². The largest absolute Gasteiger partial charge is 0.480 e. The van der Waals surface area contributed by atoms with Gasteiger partial charge in [0.25, 0.3) is 0 Å². The molecule has 96 valence electrons. The highest BCUT2D eigenvalue weighted by molar-refractivity contribution is 5.78. The van der Waals surface area contributed by atoms with E-state index in [1.807, 2.05) is 13.8 Å². The van der Waals surface area contributed by atoms with Gasteiger partial charge in [0.2, 0.25) is 5.89 Å². The molecule has 0 aromatic carbocycles. The second-order valence-electron chi connectivity index (χ2n) is 4.20. The van der Waals surface area contributed by atoms with Crippen LogP contribution in [0.25, 0.3) is 0 Å². The number of nitrogens with zero attached hydrogens (tertiary/aromatic N) is 2. The Bertz CT molecular complexity index is 378. The van der Waals surface area contributed by atoms with Crippen LogP contribution in [0, 0.1) is 0 Å². The van der Waals surface area contributed by atoms with Gasteiger partial charge in [-0.25, -0.2) is 0 Å². The summed E-state index contributed by atoms with van der Waals surface area (Å²) in [7, 11) is 0. The standard InChI is InChI=1S/C11H19N3O3/c1-4-6-11(3,10(15)16)12-7-9-13-8(5-2)14-17-9/h12H,4-7H2,1-3H3,(H,15,16). The Morgan fingerprint density at radius 3 is 2.71 bits per heavy atom. The molecule has 1 rings (SSSR count). The zero-order valence-corrected chi connectivity index (χ0v) is 10.5. The van der Waals surface area contributed by atoms with Gasteiger partial charge < -0.3 is 9.63 Å². The Balaban J connectivity index is 2.60. The molecule has 17 heavy (non-hydrogen) atoms. The van der Waals surface area contributed by atoms with Crippen LogP contribution >= 0.6 is 0 Å². The van der Waals surface area contributed by atoms with E-state index in [4.69, 9.17) is 9.63 Å². The quantitative estimate of drug-likeness (QED) is 0.749. The molecule has 0 saturated heterocycles. The summed E-state index contributed by atoms with van der Waals surface area (Å²) in [5.74, 6) is 0.189. The van der Waals surface area contributed by atoms with E-state index in [1.54, 1.807) is 6.92 Å². The van der Waals surface area contributed by atoms with E-state index in [0.29, 0.717) is 24.6 Å². The van der Waals surface area contributed by atoms with Crippen LogP contribution in [0.3, 0.4) is 0 Å². The fourth-order valence-electron chi connectivity index (χ4n) is 1.55. The molecule has 0 aliphatic carbocycles. The first-order chi connectivity index (χ1) is 8.01. The highest BCUT2D eigenvalue weighted by Crippen LogP contribution is 2.13. The zero-order chi connectivity index (χ0) is 12.9. The lowest BCUT2D eigenvalue weighted by Crippen LogP contribution is -2.49. The van der Waals surface area contributed by atoms with Crippen molar-refractivity contribution in [3.8, 4) is 0 Å². The zero-order valence-electron chi connectivity index (χ0n) is 10.5. The second-order valence-corrected chi connectivity index (χ2v) is 4.20. The number of rotatable bonds is 7. The molecule has 0 radical (unpaired) electrons. The van der Waals surface area contributed by atoms with Gasteiger partial charge in [-0.15, -0.1) is 0 Å². The molecule has 0 aliphatic rings. The predicted octanol–water partition coefficient (Wildman–Crippen LogP) is 1.36. The summed E-state index contributed by atoms with van der Waals surface area (Å²) < 4.78 is 4.99. The van der Waals surface area contributed by atoms with E-state index in [9.17, 15) is 4.79 Å². The molecule has 1 aromatic rings. The number of aromatic nitrogens is 2. The van der Waals surface area contributed by atoms with Crippen molar-refractivity contribution in [1.29, 1.82) is 0 Å². The first-order valence-electron chi connectivity index (χ1n) is 5.81. The smallest absolute Gasteiger partial charge is 0.323 e. The van der Waals surface area contributed by atoms with Crippen molar-refractivity contribution in [1.82, 2.24) is 15.5 Å². The van der Waals surface area contributed by atoms with Crippen molar-refractivity contribution >= 4 is 5.97 Å². The lowest BCUT2D eigenvalue weighted by molar-refractivity contribution is -0.144. The summed E-state index contributed by atoms with van der Waals surface area (Å²) in [5.41, 5.74) is -0.949. The van der Waals surface area contributed by atoms with Crippen molar-refractivity contribution in [2.24, 2.45) is 0 Å². The average Bonchev–Trinajstić information content (AvgIpc) is 2.74. The Labute approximate surface area is 100 Å². The third-order valence-corrected chi connectivity index (χ3v) is 2.68. The highest BCUT2D eigenvalue weighted by Gasteiger charge is 2.31. The van der Waals surface area contributed by atoms with Crippen LogP contribution < -0.4 is 5.32 Å². The molecule has 1 unspecified atom stereocenters. The van der Waals surface area contributed by atoms with Crippen LogP contribution in [0.4, 0.5) is 0 Å². The van der Waals surface area contributed by atoms with Gasteiger partial charge in [-0.05, 0) is 13.3 Å². The van der Waals surface area contributed by atoms with Gasteiger partial charge in [-0.1, -0.05) is 25.4 Å². The van der Waals surface area contributed by atoms with Crippen LogP contribution in [0.1, 0.15) is 45.3 Å². The van der Waals surface area contributed by atoms with E-state index in [2.05, 4.69) is 15.5 Å². The fraction of sp³-hybridized carbons (Fsp3) is 0.727. The Kier molecular flexibility index (Phi) is 4.62. The van der Waals surface area contributed by atoms with Crippen molar-refractivity contribution < 1.29 is 14.4 Å². The minimum absolute atomic E-state index is 0.274. The molecular formula is C11H19N3O3. The molecule has 2 N–H and O–H groups in total. The lowest BCUT2D eigenvalue weighted by Gasteiger charge is -2.24. The highest BCUT2D eigenvalue weighted by atomic mass is 16.5. The number of aryl methyl sites for hydroxylation is 1. The van der Waals surface area contributed by atoms with Crippen LogP contribution in [0.15, 0.2) is 4.52 Å². The minimum atomic E-state index is -0.949. The van der Waals surface area contributed by atoms with Crippen LogP contribution in [0.5, 0.6) is 0 Å². The van der Waals surface area contributed by atoms with Gasteiger partial charge in [0, 0.05) is 6.42 Å². The summed E-state index contributed by atoms with van der Waals surface area (Å²) >= 11 is 0. The molecule has 0 saturated carbocycles. The number of carboxylic acids is 1. The topological polar surface area (TPSA) is 88.3 Å². The number of hydrogen-bond donors (Lipinski definition) is 2. The Hall–Kier alpha value is -1.43. The molecule has 1 atom stereocenters. The van der Waals surface area contributed by atoms with Gasteiger partial charge in [0.1, 0.15) is 5.54 Å². The maximum atomic E-state index is 11.2. The number of nitrogens with one attached hydrogen (secondary N) is 1. The third-order valence-electron chi connectivity index (χ3n) is 2.68. The summed E-state index contributed by atoms with van der Waals surface area (Å²) in [5, 5.41) is 15.9. The number of hydrogen-bond acceptors (Lipinski definition) is 5. The normalized spacial score (nSPS) is 14.5. The molecule has 0 bridgehead atoms. The first-order valence-corrected chi connectivity index (χ1v) is 5.81. The summed E-state index contributed by atoms with van der Waals surface area (Å²) in [6, 6.07) is 0. The summed E-state index contributed by atoms with van der Waals surface area (Å²) in [4.78, 5) is 15.3. The number of carbonyl (C=O) groups is 1. The monoisotopic (exact) mass is 241 g/mol. The lowest BCUT2D eigenvalue weighted by atomic mass is 9.96. The SMILES string of the molecule is CCCC(C)(NCc1nc(CC)no1)C(=O)O. The van der Waals surface area contributed by atoms with E-state index in [1.165, 1.54) is 0 Å². The van der Waals surface area contributed by atoms with E-state index >= 15 is 0 Å². The fourth-order valence-corrected chi connectivity index (χ4v) is 1.55. The molecular weight excluding hydrogens is 222 g/mol. The molecule has 0 aliphatic heterocycles. The average molecular weight is 241 g/mol.